The van der Waals surface area contributed by atoms with Crippen LogP contribution in [0.5, 0.6) is 0 Å². The van der Waals surface area contributed by atoms with E-state index >= 15 is 0 Å². The van der Waals surface area contributed by atoms with Gasteiger partial charge in [-0.1, -0.05) is 13.8 Å². The van der Waals surface area contributed by atoms with E-state index in [0.717, 1.165) is 18.4 Å². The molecule has 0 saturated heterocycles. The molecule has 16 heavy (non-hydrogen) atoms. The molecule has 0 bridgehead atoms. The van der Waals surface area contributed by atoms with Crippen molar-refractivity contribution in [3.8, 4) is 0 Å². The van der Waals surface area contributed by atoms with Crippen LogP contribution in [0.15, 0.2) is 0 Å². The van der Waals surface area contributed by atoms with Crippen molar-refractivity contribution in [3.05, 3.63) is 15.6 Å². The minimum absolute atomic E-state index is 0.468. The van der Waals surface area contributed by atoms with Gasteiger partial charge in [-0.05, 0) is 39.0 Å². The van der Waals surface area contributed by atoms with E-state index in [4.69, 9.17) is 0 Å². The third-order valence-corrected chi connectivity index (χ3v) is 4.92. The lowest BCUT2D eigenvalue weighted by Crippen LogP contribution is -2.41. The summed E-state index contributed by atoms with van der Waals surface area (Å²) >= 11 is 1.87. The largest absolute Gasteiger partial charge is 0.307 e. The van der Waals surface area contributed by atoms with Crippen LogP contribution in [0, 0.1) is 12.8 Å². The van der Waals surface area contributed by atoms with Gasteiger partial charge in [-0.15, -0.1) is 11.3 Å². The van der Waals surface area contributed by atoms with E-state index in [0.29, 0.717) is 6.04 Å². The van der Waals surface area contributed by atoms with Gasteiger partial charge < -0.3 is 5.32 Å². The van der Waals surface area contributed by atoms with Gasteiger partial charge in [0, 0.05) is 17.0 Å². The molecule has 1 unspecified atom stereocenters. The lowest BCUT2D eigenvalue weighted by Gasteiger charge is -2.35. The number of rotatable bonds is 4. The lowest BCUT2D eigenvalue weighted by molar-refractivity contribution is 0.227. The van der Waals surface area contributed by atoms with Gasteiger partial charge in [0.15, 0.2) is 0 Å². The molecule has 1 heterocycles. The number of aromatic nitrogens is 1. The van der Waals surface area contributed by atoms with Crippen LogP contribution in [0.25, 0.3) is 0 Å². The molecule has 1 atom stereocenters. The van der Waals surface area contributed by atoms with Crippen LogP contribution >= 0.6 is 11.3 Å². The standard InChI is InChI=1S/C13H22N2S/c1-5-12-15-10(4)13(16-12)9(3)14-11-6-8(2)7-11/h8-9,11,14H,5-7H2,1-4H3. The van der Waals surface area contributed by atoms with Crippen LogP contribution in [0.1, 0.15) is 55.2 Å². The molecule has 1 aliphatic carbocycles. The van der Waals surface area contributed by atoms with Crippen LogP contribution in [0.3, 0.4) is 0 Å². The average molecular weight is 238 g/mol. The minimum Gasteiger partial charge on any atom is -0.307 e. The van der Waals surface area contributed by atoms with E-state index in [1.165, 1.54) is 28.4 Å². The second kappa shape index (κ2) is 4.84. The van der Waals surface area contributed by atoms with E-state index in [-0.39, 0.29) is 0 Å². The predicted molar refractivity (Wildman–Crippen MR) is 70.0 cm³/mol. The third kappa shape index (κ3) is 2.46. The maximum absolute atomic E-state index is 4.59. The summed E-state index contributed by atoms with van der Waals surface area (Å²) in [5, 5.41) is 4.98. The summed E-state index contributed by atoms with van der Waals surface area (Å²) in [5.41, 5.74) is 1.22. The first-order valence-corrected chi connectivity index (χ1v) is 7.14. The highest BCUT2D eigenvalue weighted by atomic mass is 32.1. The van der Waals surface area contributed by atoms with Crippen molar-refractivity contribution >= 4 is 11.3 Å². The Bertz CT molecular complexity index is 353. The highest BCUT2D eigenvalue weighted by Gasteiger charge is 2.27. The molecule has 2 rings (SSSR count). The first-order valence-electron chi connectivity index (χ1n) is 6.32. The van der Waals surface area contributed by atoms with Gasteiger partial charge in [0.1, 0.15) is 0 Å². The molecule has 0 aliphatic heterocycles. The molecule has 0 radical (unpaired) electrons. The Hall–Kier alpha value is -0.410. The highest BCUT2D eigenvalue weighted by molar-refractivity contribution is 7.11. The summed E-state index contributed by atoms with van der Waals surface area (Å²) in [6.45, 7) is 8.90. The van der Waals surface area contributed by atoms with E-state index in [9.17, 15) is 0 Å². The van der Waals surface area contributed by atoms with Crippen molar-refractivity contribution in [2.45, 2.75) is 59.0 Å². The topological polar surface area (TPSA) is 24.9 Å². The molecule has 0 aromatic carbocycles. The van der Waals surface area contributed by atoms with Gasteiger partial charge in [0.2, 0.25) is 0 Å². The molecule has 0 amide bonds. The van der Waals surface area contributed by atoms with Crippen LogP contribution < -0.4 is 5.32 Å². The molecule has 0 spiro atoms. The average Bonchev–Trinajstić information content (AvgIpc) is 2.57. The zero-order chi connectivity index (χ0) is 11.7. The number of hydrogen-bond donors (Lipinski definition) is 1. The lowest BCUT2D eigenvalue weighted by atomic mass is 9.81. The molecule has 90 valence electrons. The maximum Gasteiger partial charge on any atom is 0.0928 e. The fourth-order valence-corrected chi connectivity index (χ4v) is 3.51. The van der Waals surface area contributed by atoms with Crippen LogP contribution in [-0.2, 0) is 6.42 Å². The zero-order valence-electron chi connectivity index (χ0n) is 10.7. The smallest absolute Gasteiger partial charge is 0.0928 e. The Morgan fingerprint density at radius 3 is 2.69 bits per heavy atom. The van der Waals surface area contributed by atoms with Gasteiger partial charge in [0.05, 0.1) is 10.7 Å². The summed E-state index contributed by atoms with van der Waals surface area (Å²) in [7, 11) is 0. The van der Waals surface area contributed by atoms with Gasteiger partial charge in [-0.3, -0.25) is 0 Å². The summed E-state index contributed by atoms with van der Waals surface area (Å²) in [6, 6.07) is 1.20. The molecule has 1 aromatic heterocycles. The second-order valence-corrected chi connectivity index (χ2v) is 6.19. The highest BCUT2D eigenvalue weighted by Crippen LogP contribution is 2.31. The van der Waals surface area contributed by atoms with Crippen molar-refractivity contribution in [2.24, 2.45) is 5.92 Å². The van der Waals surface area contributed by atoms with E-state index in [1.807, 2.05) is 11.3 Å². The number of nitrogens with zero attached hydrogens (tertiary/aromatic N) is 1. The zero-order valence-corrected chi connectivity index (χ0v) is 11.5. The fraction of sp³-hybridized carbons (Fsp3) is 0.769. The number of hydrogen-bond acceptors (Lipinski definition) is 3. The van der Waals surface area contributed by atoms with E-state index in [2.05, 4.69) is 38.0 Å². The number of thiazole rings is 1. The first kappa shape index (κ1) is 12.1. The van der Waals surface area contributed by atoms with E-state index < -0.39 is 0 Å². The fourth-order valence-electron chi connectivity index (χ4n) is 2.49. The molecule has 1 aromatic rings. The van der Waals surface area contributed by atoms with E-state index in [1.54, 1.807) is 0 Å². The van der Waals surface area contributed by atoms with Gasteiger partial charge in [-0.2, -0.15) is 0 Å². The molecule has 1 saturated carbocycles. The Kier molecular flexibility index (Phi) is 3.65. The Labute approximate surface area is 102 Å². The van der Waals surface area contributed by atoms with Gasteiger partial charge in [0.25, 0.3) is 0 Å². The van der Waals surface area contributed by atoms with Crippen molar-refractivity contribution in [1.29, 1.82) is 0 Å². The molecule has 1 fully saturated rings. The van der Waals surface area contributed by atoms with Crippen molar-refractivity contribution in [3.63, 3.8) is 0 Å². The Morgan fingerprint density at radius 2 is 2.19 bits per heavy atom. The molecule has 3 heteroatoms. The second-order valence-electron chi connectivity index (χ2n) is 5.07. The van der Waals surface area contributed by atoms with Crippen LogP contribution in [-0.4, -0.2) is 11.0 Å². The quantitative estimate of drug-likeness (QED) is 0.869. The number of nitrogens with one attached hydrogen (secondary N) is 1. The molecular formula is C13H22N2S. The minimum atomic E-state index is 0.468. The monoisotopic (exact) mass is 238 g/mol. The third-order valence-electron chi connectivity index (χ3n) is 3.43. The van der Waals surface area contributed by atoms with Crippen molar-refractivity contribution in [1.82, 2.24) is 10.3 Å². The van der Waals surface area contributed by atoms with Crippen molar-refractivity contribution in [2.75, 3.05) is 0 Å². The first-order chi connectivity index (χ1) is 7.60. The van der Waals surface area contributed by atoms with Crippen molar-refractivity contribution < 1.29 is 0 Å². The van der Waals surface area contributed by atoms with Crippen LogP contribution in [0.2, 0.25) is 0 Å². The predicted octanol–water partition coefficient (Wildman–Crippen LogP) is 3.46. The summed E-state index contributed by atoms with van der Waals surface area (Å²) < 4.78 is 0. The molecular weight excluding hydrogens is 216 g/mol. The van der Waals surface area contributed by atoms with Gasteiger partial charge >= 0.3 is 0 Å². The Morgan fingerprint density at radius 1 is 1.50 bits per heavy atom. The molecule has 2 nitrogen and oxygen atoms in total. The molecule has 1 aliphatic rings. The van der Waals surface area contributed by atoms with Gasteiger partial charge in [-0.25, -0.2) is 4.98 Å². The summed E-state index contributed by atoms with van der Waals surface area (Å²) in [5.74, 6) is 0.915. The normalized spacial score (nSPS) is 26.5. The van der Waals surface area contributed by atoms with Crippen LogP contribution in [0.4, 0.5) is 0 Å². The Balaban J connectivity index is 1.97. The SMILES string of the molecule is CCc1nc(C)c(C(C)NC2CC(C)C2)s1. The summed E-state index contributed by atoms with van der Waals surface area (Å²) in [4.78, 5) is 6.02. The summed E-state index contributed by atoms with van der Waals surface area (Å²) in [6.07, 6.45) is 3.73. The maximum atomic E-state index is 4.59. The number of aryl methyl sites for hydroxylation is 2. The molecule has 1 N–H and O–H groups in total.